The van der Waals surface area contributed by atoms with Gasteiger partial charge in [0.1, 0.15) is 0 Å². The Balaban J connectivity index is 2.13. The van der Waals surface area contributed by atoms with Crippen molar-refractivity contribution in [2.45, 2.75) is 18.1 Å². The van der Waals surface area contributed by atoms with Crippen LogP contribution in [-0.4, -0.2) is 45.2 Å². The average molecular weight is 340 g/mol. The second-order valence-corrected chi connectivity index (χ2v) is 5.68. The maximum atomic E-state index is 12.5. The number of hydrogen-bond acceptors (Lipinski definition) is 3. The highest BCUT2D eigenvalue weighted by Crippen LogP contribution is 2.33. The molecule has 25 heavy (non-hydrogen) atoms. The zero-order chi connectivity index (χ0) is 18.0. The highest BCUT2D eigenvalue weighted by molar-refractivity contribution is 5.96. The lowest BCUT2D eigenvalue weighted by molar-refractivity contribution is -0.149. The maximum absolute atomic E-state index is 12.5. The number of aliphatic carboxylic acids is 2. The van der Waals surface area contributed by atoms with Crippen molar-refractivity contribution < 1.29 is 24.6 Å². The first-order chi connectivity index (χ1) is 12.0. The van der Waals surface area contributed by atoms with E-state index in [9.17, 15) is 24.6 Å². The summed E-state index contributed by atoms with van der Waals surface area (Å²) in [6.45, 7) is 0. The molecule has 0 aromatic heterocycles. The van der Waals surface area contributed by atoms with Crippen LogP contribution in [0.3, 0.4) is 0 Å². The fraction of sp³-hybridized carbons (Fsp3) is 0.167. The van der Waals surface area contributed by atoms with Crippen molar-refractivity contribution >= 4 is 18.0 Å². The van der Waals surface area contributed by atoms with E-state index >= 15 is 0 Å². The summed E-state index contributed by atoms with van der Waals surface area (Å²) in [6.07, 6.45) is 0. The van der Waals surface area contributed by atoms with E-state index in [1.807, 2.05) is 12.1 Å². The monoisotopic (exact) mass is 340 g/mol. The van der Waals surface area contributed by atoms with Gasteiger partial charge in [0.15, 0.2) is 12.1 Å². The lowest BCUT2D eigenvalue weighted by atomic mass is 9.95. The van der Waals surface area contributed by atoms with Crippen molar-refractivity contribution in [3.63, 3.8) is 0 Å². The van der Waals surface area contributed by atoms with E-state index in [0.717, 1.165) is 4.90 Å². The third-order valence-electron chi connectivity index (χ3n) is 4.16. The van der Waals surface area contributed by atoms with Gasteiger partial charge < -0.3 is 15.5 Å². The van der Waals surface area contributed by atoms with Crippen LogP contribution in [0.15, 0.2) is 60.7 Å². The topological polar surface area (TPSA) is 107 Å². The van der Waals surface area contributed by atoms with Crippen LogP contribution in [0.1, 0.15) is 17.2 Å². The molecular weight excluding hydrogens is 324 g/mol. The summed E-state index contributed by atoms with van der Waals surface area (Å²) in [6, 6.07) is 13.4. The van der Waals surface area contributed by atoms with E-state index in [-0.39, 0.29) is 0 Å². The van der Waals surface area contributed by atoms with Crippen LogP contribution in [-0.2, 0) is 9.59 Å². The van der Waals surface area contributed by atoms with Gasteiger partial charge in [0.2, 0.25) is 0 Å². The number of carbonyl (C=O) groups is 3. The predicted molar refractivity (Wildman–Crippen MR) is 87.9 cm³/mol. The highest BCUT2D eigenvalue weighted by Gasteiger charge is 2.51. The molecule has 0 bridgehead atoms. The van der Waals surface area contributed by atoms with Crippen molar-refractivity contribution in [1.82, 2.24) is 10.2 Å². The molecule has 1 saturated heterocycles. The van der Waals surface area contributed by atoms with Crippen molar-refractivity contribution in [2.24, 2.45) is 0 Å². The summed E-state index contributed by atoms with van der Waals surface area (Å²) in [7, 11) is 0. The second-order valence-electron chi connectivity index (χ2n) is 5.68. The molecule has 1 aliphatic rings. The molecule has 7 nitrogen and oxygen atoms in total. The van der Waals surface area contributed by atoms with Crippen molar-refractivity contribution in [2.75, 3.05) is 0 Å². The summed E-state index contributed by atoms with van der Waals surface area (Å²) >= 11 is 0. The van der Waals surface area contributed by atoms with Gasteiger partial charge in [-0.3, -0.25) is 4.90 Å². The quantitative estimate of drug-likeness (QED) is 0.768. The largest absolute Gasteiger partial charge is 0.480 e. The van der Waals surface area contributed by atoms with E-state index in [0.29, 0.717) is 11.1 Å². The number of carboxylic acids is 2. The Kier molecular flexibility index (Phi) is 4.38. The van der Waals surface area contributed by atoms with Crippen molar-refractivity contribution in [3.8, 4) is 0 Å². The van der Waals surface area contributed by atoms with E-state index in [1.54, 1.807) is 48.5 Å². The molecule has 3 rings (SSSR count). The number of urea groups is 1. The number of nitrogens with one attached hydrogen (secondary N) is 1. The molecule has 2 aromatic rings. The fourth-order valence-electron chi connectivity index (χ4n) is 3.09. The number of amides is 2. The molecule has 2 atom stereocenters. The second kappa shape index (κ2) is 6.64. The van der Waals surface area contributed by atoms with Gasteiger partial charge in [-0.1, -0.05) is 60.7 Å². The SMILES string of the molecule is O=C(O)C1NC(=O)N(C(c2ccccc2)c2ccccc2)C1C(=O)O. The number of benzene rings is 2. The van der Waals surface area contributed by atoms with Crippen molar-refractivity contribution in [1.29, 1.82) is 0 Å². The van der Waals surface area contributed by atoms with Gasteiger partial charge in [0.25, 0.3) is 0 Å². The third-order valence-corrected chi connectivity index (χ3v) is 4.16. The molecule has 0 spiro atoms. The van der Waals surface area contributed by atoms with Crippen LogP contribution in [0.5, 0.6) is 0 Å². The van der Waals surface area contributed by atoms with Gasteiger partial charge in [0.05, 0.1) is 6.04 Å². The van der Waals surface area contributed by atoms with Crippen LogP contribution < -0.4 is 5.32 Å². The van der Waals surface area contributed by atoms with Crippen molar-refractivity contribution in [3.05, 3.63) is 71.8 Å². The van der Waals surface area contributed by atoms with Gasteiger partial charge in [-0.05, 0) is 11.1 Å². The highest BCUT2D eigenvalue weighted by atomic mass is 16.4. The summed E-state index contributed by atoms with van der Waals surface area (Å²) in [5.41, 5.74) is 1.39. The molecule has 1 aliphatic heterocycles. The van der Waals surface area contributed by atoms with Gasteiger partial charge in [-0.15, -0.1) is 0 Å². The Labute approximate surface area is 143 Å². The van der Waals surface area contributed by atoms with Gasteiger partial charge >= 0.3 is 18.0 Å². The number of nitrogens with zero attached hydrogens (tertiary/aromatic N) is 1. The Morgan fingerprint density at radius 2 is 1.36 bits per heavy atom. The van der Waals surface area contributed by atoms with E-state index in [2.05, 4.69) is 5.32 Å². The molecule has 1 heterocycles. The molecule has 2 unspecified atom stereocenters. The Morgan fingerprint density at radius 1 is 0.880 bits per heavy atom. The summed E-state index contributed by atoms with van der Waals surface area (Å²) in [5, 5.41) is 21.1. The first-order valence-corrected chi connectivity index (χ1v) is 7.65. The standard InChI is InChI=1S/C18H16N2O5/c21-16(22)13-15(17(23)24)20(18(25)19-13)14(11-7-3-1-4-8-11)12-9-5-2-6-10-12/h1-10,13-15H,(H,19,25)(H,21,22)(H,23,24). The van der Waals surface area contributed by atoms with Crippen LogP contribution in [0.2, 0.25) is 0 Å². The summed E-state index contributed by atoms with van der Waals surface area (Å²) in [4.78, 5) is 36.7. The number of rotatable bonds is 5. The molecule has 1 fully saturated rings. The van der Waals surface area contributed by atoms with Crippen LogP contribution >= 0.6 is 0 Å². The van der Waals surface area contributed by atoms with Gasteiger partial charge in [-0.2, -0.15) is 0 Å². The Morgan fingerprint density at radius 3 is 1.76 bits per heavy atom. The molecule has 2 aromatic carbocycles. The zero-order valence-electron chi connectivity index (χ0n) is 13.1. The normalized spacial score (nSPS) is 19.7. The molecule has 0 saturated carbocycles. The van der Waals surface area contributed by atoms with E-state index in [4.69, 9.17) is 0 Å². The maximum Gasteiger partial charge on any atom is 0.329 e. The summed E-state index contributed by atoms with van der Waals surface area (Å²) < 4.78 is 0. The average Bonchev–Trinajstić information content (AvgIpc) is 2.95. The third kappa shape index (κ3) is 3.03. The lowest BCUT2D eigenvalue weighted by Gasteiger charge is -2.31. The van der Waals surface area contributed by atoms with Crippen LogP contribution in [0.25, 0.3) is 0 Å². The minimum atomic E-state index is -1.52. The molecule has 2 amide bonds. The van der Waals surface area contributed by atoms with E-state index in [1.165, 1.54) is 0 Å². The van der Waals surface area contributed by atoms with Crippen LogP contribution in [0, 0.1) is 0 Å². The number of carbonyl (C=O) groups excluding carboxylic acids is 1. The minimum Gasteiger partial charge on any atom is -0.480 e. The molecule has 3 N–H and O–H groups in total. The summed E-state index contributed by atoms with van der Waals surface area (Å²) in [5.74, 6) is -2.76. The Hall–Kier alpha value is -3.35. The zero-order valence-corrected chi connectivity index (χ0v) is 13.1. The smallest absolute Gasteiger partial charge is 0.329 e. The fourth-order valence-corrected chi connectivity index (χ4v) is 3.09. The predicted octanol–water partition coefficient (Wildman–Crippen LogP) is 1.71. The Bertz CT molecular complexity index is 754. The van der Waals surface area contributed by atoms with Crippen LogP contribution in [0.4, 0.5) is 4.79 Å². The van der Waals surface area contributed by atoms with E-state index < -0.39 is 36.1 Å². The first kappa shape index (κ1) is 16.5. The molecule has 0 aliphatic carbocycles. The molecule has 128 valence electrons. The lowest BCUT2D eigenvalue weighted by Crippen LogP contribution is -2.48. The number of carboxylic acid groups (broad SMARTS) is 2. The van der Waals surface area contributed by atoms with Gasteiger partial charge in [0, 0.05) is 0 Å². The minimum absolute atomic E-state index is 0.695. The molecule has 0 radical (unpaired) electrons. The van der Waals surface area contributed by atoms with Gasteiger partial charge in [-0.25, -0.2) is 14.4 Å². The molecular formula is C18H16N2O5. The molecule has 7 heteroatoms. The first-order valence-electron chi connectivity index (χ1n) is 7.65. The number of hydrogen-bond donors (Lipinski definition) is 3.